The van der Waals surface area contributed by atoms with Crippen molar-refractivity contribution in [3.05, 3.63) is 12.1 Å². The summed E-state index contributed by atoms with van der Waals surface area (Å²) in [5, 5.41) is 1.51. The lowest BCUT2D eigenvalue weighted by atomic mass is 10.2. The van der Waals surface area contributed by atoms with Crippen molar-refractivity contribution in [2.75, 3.05) is 28.4 Å². The van der Waals surface area contributed by atoms with Crippen LogP contribution in [0, 0.1) is 0 Å². The highest BCUT2D eigenvalue weighted by Crippen LogP contribution is 2.41. The van der Waals surface area contributed by atoms with Crippen LogP contribution >= 0.6 is 0 Å². The Bertz CT molecular complexity index is 577. The van der Waals surface area contributed by atoms with E-state index in [0.29, 0.717) is 0 Å². The maximum Gasteiger partial charge on any atom is 0.449 e. The Morgan fingerprint density at radius 1 is 1.04 bits per heavy atom. The molecule has 0 atom stereocenters. The number of benzene rings is 1. The van der Waals surface area contributed by atoms with Crippen molar-refractivity contribution in [3.63, 3.8) is 0 Å². The van der Waals surface area contributed by atoms with E-state index >= 15 is 0 Å². The lowest BCUT2D eigenvalue weighted by molar-refractivity contribution is -0.0615. The highest BCUT2D eigenvalue weighted by Gasteiger charge is 2.37. The molecular weight excluding hydrogens is 321 g/mol. The molecule has 7 nitrogen and oxygen atoms in total. The lowest BCUT2D eigenvalue weighted by Crippen LogP contribution is -2.40. The molecule has 0 aliphatic carbocycles. The highest BCUT2D eigenvalue weighted by atomic mass is 19.4. The number of hydrogen-bond acceptors (Lipinski definition) is 6. The van der Waals surface area contributed by atoms with Crippen LogP contribution in [0.15, 0.2) is 17.1 Å². The minimum absolute atomic E-state index is 0.116. The zero-order valence-corrected chi connectivity index (χ0v) is 12.8. The molecule has 0 bridgehead atoms. The quantitative estimate of drug-likeness (QED) is 0.675. The van der Waals surface area contributed by atoms with E-state index in [2.05, 4.69) is 9.73 Å². The van der Waals surface area contributed by atoms with Gasteiger partial charge in [-0.1, -0.05) is 0 Å². The number of amidine groups is 1. The molecular formula is C13H15F3N2O5. The minimum atomic E-state index is -4.89. The second-order valence-electron chi connectivity index (χ2n) is 3.96. The Morgan fingerprint density at radius 3 is 1.91 bits per heavy atom. The largest absolute Gasteiger partial charge is 0.493 e. The van der Waals surface area contributed by atoms with Crippen LogP contribution in [-0.2, 0) is 4.74 Å². The number of aliphatic imine (C=N–C) groups is 1. The number of halogens is 3. The van der Waals surface area contributed by atoms with Gasteiger partial charge in [-0.15, -0.1) is 0 Å². The van der Waals surface area contributed by atoms with Crippen LogP contribution in [0.25, 0.3) is 0 Å². The maximum absolute atomic E-state index is 12.9. The van der Waals surface area contributed by atoms with Crippen LogP contribution in [0.4, 0.5) is 23.7 Å². The molecule has 0 aliphatic rings. The highest BCUT2D eigenvalue weighted by molar-refractivity contribution is 6.00. The third kappa shape index (κ3) is 4.66. The van der Waals surface area contributed by atoms with Gasteiger partial charge in [0.05, 0.1) is 34.1 Å². The van der Waals surface area contributed by atoms with E-state index in [1.54, 1.807) is 0 Å². The molecule has 23 heavy (non-hydrogen) atoms. The van der Waals surface area contributed by atoms with E-state index in [4.69, 9.17) is 14.2 Å². The van der Waals surface area contributed by atoms with E-state index < -0.39 is 18.1 Å². The Morgan fingerprint density at radius 2 is 1.57 bits per heavy atom. The van der Waals surface area contributed by atoms with Gasteiger partial charge in [-0.3, -0.25) is 5.32 Å². The van der Waals surface area contributed by atoms with Gasteiger partial charge in [0.1, 0.15) is 0 Å². The van der Waals surface area contributed by atoms with Crippen molar-refractivity contribution >= 4 is 17.6 Å². The monoisotopic (exact) mass is 336 g/mol. The molecule has 1 amide bonds. The molecule has 0 heterocycles. The van der Waals surface area contributed by atoms with Gasteiger partial charge in [0.2, 0.25) is 11.6 Å². The van der Waals surface area contributed by atoms with Crippen molar-refractivity contribution in [2.24, 2.45) is 4.99 Å². The molecule has 0 saturated heterocycles. The van der Waals surface area contributed by atoms with Gasteiger partial charge in [0.25, 0.3) is 0 Å². The van der Waals surface area contributed by atoms with E-state index in [1.165, 1.54) is 38.8 Å². The summed E-state index contributed by atoms with van der Waals surface area (Å²) in [7, 11) is 4.90. The van der Waals surface area contributed by atoms with E-state index in [0.717, 1.165) is 7.11 Å². The van der Waals surface area contributed by atoms with Crippen molar-refractivity contribution in [1.29, 1.82) is 0 Å². The number of alkyl carbamates (subject to hydrolysis) is 1. The second-order valence-corrected chi connectivity index (χ2v) is 3.96. The summed E-state index contributed by atoms with van der Waals surface area (Å²) in [5.41, 5.74) is -0.164. The number of nitrogens with zero attached hydrogens (tertiary/aromatic N) is 1. The Balaban J connectivity index is 3.38. The first-order chi connectivity index (χ1) is 10.8. The molecule has 128 valence electrons. The molecule has 1 aromatic carbocycles. The number of nitrogens with one attached hydrogen (secondary N) is 1. The first-order valence-electron chi connectivity index (χ1n) is 6.07. The number of carbonyl (C=O) groups excluding carboxylic acids is 1. The van der Waals surface area contributed by atoms with Gasteiger partial charge in [-0.05, 0) is 0 Å². The van der Waals surface area contributed by atoms with E-state index in [1.807, 2.05) is 0 Å². The van der Waals surface area contributed by atoms with Gasteiger partial charge in [0.15, 0.2) is 11.5 Å². The van der Waals surface area contributed by atoms with Crippen LogP contribution in [0.5, 0.6) is 17.2 Å². The fourth-order valence-corrected chi connectivity index (χ4v) is 1.57. The van der Waals surface area contributed by atoms with Crippen molar-refractivity contribution in [1.82, 2.24) is 5.32 Å². The normalized spacial score (nSPS) is 11.7. The molecule has 10 heteroatoms. The van der Waals surface area contributed by atoms with Crippen LogP contribution in [0.3, 0.4) is 0 Å². The summed E-state index contributed by atoms with van der Waals surface area (Å²) in [4.78, 5) is 14.4. The minimum Gasteiger partial charge on any atom is -0.493 e. The number of amides is 1. The predicted molar refractivity (Wildman–Crippen MR) is 74.8 cm³/mol. The predicted octanol–water partition coefficient (Wildman–Crippen LogP) is 2.66. The smallest absolute Gasteiger partial charge is 0.449 e. The Kier molecular flexibility index (Phi) is 6.05. The van der Waals surface area contributed by atoms with Gasteiger partial charge >= 0.3 is 12.3 Å². The molecule has 0 unspecified atom stereocenters. The Labute approximate surface area is 130 Å². The van der Waals surface area contributed by atoms with Crippen LogP contribution in [-0.4, -0.2) is 46.5 Å². The summed E-state index contributed by atoms with van der Waals surface area (Å²) in [6, 6.07) is 2.40. The summed E-state index contributed by atoms with van der Waals surface area (Å²) < 4.78 is 58.0. The van der Waals surface area contributed by atoms with Crippen LogP contribution < -0.4 is 19.5 Å². The Hall–Kier alpha value is -2.65. The molecule has 0 saturated carbocycles. The fraction of sp³-hybridized carbons (Fsp3) is 0.385. The molecule has 0 fully saturated rings. The number of hydrogen-bond donors (Lipinski definition) is 1. The second kappa shape index (κ2) is 7.56. The molecule has 0 spiro atoms. The first-order valence-corrected chi connectivity index (χ1v) is 6.07. The number of carbonyl (C=O) groups is 1. The van der Waals surface area contributed by atoms with Crippen molar-refractivity contribution < 1.29 is 36.9 Å². The number of alkyl halides is 3. The number of rotatable bonds is 4. The fourth-order valence-electron chi connectivity index (χ4n) is 1.57. The van der Waals surface area contributed by atoms with Gasteiger partial charge in [-0.2, -0.15) is 13.2 Å². The maximum atomic E-state index is 12.9. The van der Waals surface area contributed by atoms with Gasteiger partial charge in [-0.25, -0.2) is 9.79 Å². The summed E-state index contributed by atoms with van der Waals surface area (Å²) in [5.74, 6) is -1.11. The topological polar surface area (TPSA) is 78.4 Å². The van der Waals surface area contributed by atoms with Gasteiger partial charge < -0.3 is 18.9 Å². The van der Waals surface area contributed by atoms with Crippen LogP contribution in [0.2, 0.25) is 0 Å². The third-order valence-corrected chi connectivity index (χ3v) is 2.56. The summed E-state index contributed by atoms with van der Waals surface area (Å²) in [6.07, 6.45) is -6.19. The lowest BCUT2D eigenvalue weighted by Gasteiger charge is -2.14. The molecule has 1 rings (SSSR count). The molecule has 0 aliphatic heterocycles. The molecule has 0 radical (unpaired) electrons. The third-order valence-electron chi connectivity index (χ3n) is 2.56. The average Bonchev–Trinajstić information content (AvgIpc) is 2.51. The van der Waals surface area contributed by atoms with Crippen molar-refractivity contribution in [3.8, 4) is 17.2 Å². The standard InChI is InChI=1S/C13H15F3N2O5/c1-20-8-5-7(6-9(21-2)10(8)22-3)17-11(13(14,15)16)18-12(19)23-4/h5-6H,1-4H3,(H,17,18,19). The van der Waals surface area contributed by atoms with E-state index in [-0.39, 0.29) is 22.9 Å². The summed E-state index contributed by atoms with van der Waals surface area (Å²) >= 11 is 0. The van der Waals surface area contributed by atoms with Crippen LogP contribution in [0.1, 0.15) is 0 Å². The first kappa shape index (κ1) is 18.4. The average molecular weight is 336 g/mol. The SMILES string of the molecule is COC(=O)NC(=Nc1cc(OC)c(OC)c(OC)c1)C(F)(F)F. The zero-order chi connectivity index (χ0) is 17.6. The van der Waals surface area contributed by atoms with Crippen molar-refractivity contribution in [2.45, 2.75) is 6.18 Å². The molecule has 0 aromatic heterocycles. The molecule has 1 N–H and O–H groups in total. The number of methoxy groups -OCH3 is 4. The van der Waals surface area contributed by atoms with Gasteiger partial charge in [0, 0.05) is 12.1 Å². The van der Waals surface area contributed by atoms with E-state index in [9.17, 15) is 18.0 Å². The summed E-state index contributed by atoms with van der Waals surface area (Å²) in [6.45, 7) is 0. The molecule has 1 aromatic rings. The number of ether oxygens (including phenoxy) is 4. The zero-order valence-electron chi connectivity index (χ0n) is 12.8.